The fraction of sp³-hybridized carbons (Fsp3) is 0.0435. The molecule has 6 rings (SSSR count). The molecule has 10 heteroatoms. The van der Waals surface area contributed by atoms with Crippen LogP contribution < -0.4 is 4.74 Å². The fourth-order valence-electron chi connectivity index (χ4n) is 3.90. The molecule has 0 saturated carbocycles. The van der Waals surface area contributed by atoms with Gasteiger partial charge in [0.1, 0.15) is 28.0 Å². The molecular weight excluding hydrogens is 469 g/mol. The maximum Gasteiger partial charge on any atom is 0.340 e. The zero-order valence-electron chi connectivity index (χ0n) is 16.6. The van der Waals surface area contributed by atoms with Gasteiger partial charge in [-0.05, 0) is 35.5 Å². The highest BCUT2D eigenvalue weighted by atomic mass is 35.5. The molecule has 0 amide bonds. The Morgan fingerprint density at radius 1 is 0.848 bits per heavy atom. The third-order valence-electron chi connectivity index (χ3n) is 5.23. The lowest BCUT2D eigenvalue weighted by atomic mass is 9.77. The highest BCUT2D eigenvalue weighted by molar-refractivity contribution is 6.40. The Morgan fingerprint density at radius 3 is 2.06 bits per heavy atom. The van der Waals surface area contributed by atoms with Crippen molar-refractivity contribution < 1.29 is 24.5 Å². The molecule has 0 fully saturated rings. The molecule has 0 unspecified atom stereocenters. The monoisotopic (exact) mass is 481 g/mol. The first-order valence-electron chi connectivity index (χ1n) is 9.57. The molecule has 4 aromatic rings. The molecule has 1 spiro atoms. The minimum Gasteiger partial charge on any atom is -0.508 e. The van der Waals surface area contributed by atoms with Crippen LogP contribution in [0, 0.1) is 0 Å². The summed E-state index contributed by atoms with van der Waals surface area (Å²) in [4.78, 5) is 12.5. The largest absolute Gasteiger partial charge is 0.508 e. The van der Waals surface area contributed by atoms with Crippen LogP contribution in [0.1, 0.15) is 27.0 Å². The second-order valence-electron chi connectivity index (χ2n) is 7.15. The predicted octanol–water partition coefficient (Wildman–Crippen LogP) is 4.84. The molecule has 0 aliphatic carbocycles. The minimum absolute atomic E-state index is 0.0371. The summed E-state index contributed by atoms with van der Waals surface area (Å²) in [6.45, 7) is 0. The van der Waals surface area contributed by atoms with Gasteiger partial charge < -0.3 is 19.7 Å². The lowest BCUT2D eigenvalue weighted by Gasteiger charge is -2.36. The summed E-state index contributed by atoms with van der Waals surface area (Å²) in [6.07, 6.45) is 1.33. The summed E-state index contributed by atoms with van der Waals surface area (Å²) in [5.41, 5.74) is 1.28. The number of fused-ring (bicyclic) bond motifs is 6. The molecule has 8 nitrogen and oxygen atoms in total. The number of aromatic hydroxyl groups is 2. The number of rotatable bonds is 0. The highest BCUT2D eigenvalue weighted by Crippen LogP contribution is 2.56. The second-order valence-corrected chi connectivity index (χ2v) is 7.92. The van der Waals surface area contributed by atoms with E-state index in [2.05, 4.69) is 15.4 Å². The van der Waals surface area contributed by atoms with Crippen LogP contribution in [-0.4, -0.2) is 31.6 Å². The van der Waals surface area contributed by atoms with Crippen LogP contribution in [-0.2, 0) is 10.3 Å². The van der Waals surface area contributed by atoms with E-state index in [9.17, 15) is 15.0 Å². The van der Waals surface area contributed by atoms with E-state index in [0.29, 0.717) is 38.8 Å². The Balaban J connectivity index is 0.000000243. The van der Waals surface area contributed by atoms with Crippen molar-refractivity contribution in [2.24, 2.45) is 0 Å². The van der Waals surface area contributed by atoms with Gasteiger partial charge in [0, 0.05) is 28.8 Å². The molecule has 33 heavy (non-hydrogen) atoms. The van der Waals surface area contributed by atoms with Crippen molar-refractivity contribution in [3.8, 4) is 23.0 Å². The van der Waals surface area contributed by atoms with Crippen LogP contribution >= 0.6 is 23.2 Å². The number of esters is 1. The first-order valence-corrected chi connectivity index (χ1v) is 10.3. The van der Waals surface area contributed by atoms with E-state index in [4.69, 9.17) is 32.7 Å². The molecular formula is C23H13Cl2N3O5. The zero-order valence-corrected chi connectivity index (χ0v) is 18.1. The number of ether oxygens (including phenoxy) is 2. The molecule has 2 aliphatic heterocycles. The molecule has 2 N–H and O–H groups in total. The summed E-state index contributed by atoms with van der Waals surface area (Å²) in [7, 11) is 0. The van der Waals surface area contributed by atoms with Gasteiger partial charge in [0.05, 0.1) is 11.8 Å². The number of nitrogens with zero attached hydrogens (tertiary/aromatic N) is 3. The van der Waals surface area contributed by atoms with E-state index >= 15 is 0 Å². The second kappa shape index (κ2) is 7.91. The smallest absolute Gasteiger partial charge is 0.340 e. The van der Waals surface area contributed by atoms with Gasteiger partial charge in [-0.3, -0.25) is 0 Å². The Bertz CT molecular complexity index is 1340. The molecule has 0 radical (unpaired) electrons. The average molecular weight is 482 g/mol. The van der Waals surface area contributed by atoms with E-state index in [0.717, 1.165) is 0 Å². The maximum atomic E-state index is 12.5. The number of hydrogen-bond acceptors (Lipinski definition) is 8. The molecule has 0 atom stereocenters. The Kier molecular flexibility index (Phi) is 5.03. The van der Waals surface area contributed by atoms with Crippen LogP contribution in [0.25, 0.3) is 0 Å². The minimum atomic E-state index is -1.17. The van der Waals surface area contributed by atoms with Gasteiger partial charge in [-0.2, -0.15) is 0 Å². The summed E-state index contributed by atoms with van der Waals surface area (Å²) < 4.78 is 11.8. The SMILES string of the molecule is Clc1cnnnc1Cl.O=C1OC2(c3ccc(O)cc3Oc3cc(O)ccc32)c2ccccc21. The summed E-state index contributed by atoms with van der Waals surface area (Å²) in [6, 6.07) is 16.6. The third-order valence-corrected chi connectivity index (χ3v) is 5.89. The number of carbonyl (C=O) groups is 1. The van der Waals surface area contributed by atoms with E-state index in [1.807, 2.05) is 12.1 Å². The molecule has 0 saturated heterocycles. The fourth-order valence-corrected chi connectivity index (χ4v) is 4.06. The molecule has 2 aliphatic rings. The topological polar surface area (TPSA) is 115 Å². The van der Waals surface area contributed by atoms with Gasteiger partial charge in [0.25, 0.3) is 0 Å². The number of carbonyl (C=O) groups excluding carboxylic acids is 1. The molecule has 164 valence electrons. The Morgan fingerprint density at radius 2 is 1.48 bits per heavy atom. The van der Waals surface area contributed by atoms with Crippen molar-refractivity contribution in [3.63, 3.8) is 0 Å². The van der Waals surface area contributed by atoms with Crippen LogP contribution in [0.15, 0.2) is 66.9 Å². The Hall–Kier alpha value is -3.88. The highest BCUT2D eigenvalue weighted by Gasteiger charge is 2.53. The van der Waals surface area contributed by atoms with Gasteiger partial charge in [-0.15, -0.1) is 10.2 Å². The summed E-state index contributed by atoms with van der Waals surface area (Å²) in [5.74, 6) is 0.408. The van der Waals surface area contributed by atoms with Crippen molar-refractivity contribution in [1.29, 1.82) is 0 Å². The first-order chi connectivity index (χ1) is 15.9. The maximum absolute atomic E-state index is 12.5. The zero-order chi connectivity index (χ0) is 23.2. The van der Waals surface area contributed by atoms with Crippen molar-refractivity contribution in [2.75, 3.05) is 0 Å². The number of phenols is 2. The lowest BCUT2D eigenvalue weighted by Crippen LogP contribution is -2.32. The number of hydrogen-bond donors (Lipinski definition) is 2. The molecule has 3 heterocycles. The molecule has 3 aromatic carbocycles. The van der Waals surface area contributed by atoms with Crippen molar-refractivity contribution in [2.45, 2.75) is 5.60 Å². The number of halogens is 2. The standard InChI is InChI=1S/C20H12O5.C3HCl2N3/c21-11-5-7-15-17(9-11)24-18-10-12(22)6-8-16(18)20(15)14-4-2-1-3-13(14)19(23)25-20;4-2-1-6-8-7-3(2)5/h1-10,21-22H;1H. The summed E-state index contributed by atoms with van der Waals surface area (Å²) in [5, 5.41) is 30.1. The average Bonchev–Trinajstić information content (AvgIpc) is 3.09. The first kappa shape index (κ1) is 21.0. The Labute approximate surface area is 197 Å². The van der Waals surface area contributed by atoms with Crippen LogP contribution in [0.2, 0.25) is 10.2 Å². The molecule has 0 bridgehead atoms. The van der Waals surface area contributed by atoms with Crippen molar-refractivity contribution in [1.82, 2.24) is 15.4 Å². The van der Waals surface area contributed by atoms with E-state index < -0.39 is 11.6 Å². The predicted molar refractivity (Wildman–Crippen MR) is 118 cm³/mol. The van der Waals surface area contributed by atoms with Gasteiger partial charge in [-0.25, -0.2) is 4.79 Å². The van der Waals surface area contributed by atoms with Crippen LogP contribution in [0.4, 0.5) is 0 Å². The number of phenolic OH excluding ortho intramolecular Hbond substituents is 2. The van der Waals surface area contributed by atoms with Crippen molar-refractivity contribution in [3.05, 3.63) is 99.3 Å². The van der Waals surface area contributed by atoms with Gasteiger partial charge in [0.2, 0.25) is 0 Å². The van der Waals surface area contributed by atoms with Crippen LogP contribution in [0.5, 0.6) is 23.0 Å². The summed E-state index contributed by atoms with van der Waals surface area (Å²) >= 11 is 10.8. The quantitative estimate of drug-likeness (QED) is 0.342. The lowest BCUT2D eigenvalue weighted by molar-refractivity contribution is 0.0224. The van der Waals surface area contributed by atoms with E-state index in [1.54, 1.807) is 24.3 Å². The van der Waals surface area contributed by atoms with Crippen molar-refractivity contribution >= 4 is 29.2 Å². The van der Waals surface area contributed by atoms with Gasteiger partial charge >= 0.3 is 5.97 Å². The van der Waals surface area contributed by atoms with Gasteiger partial charge in [-0.1, -0.05) is 41.4 Å². The third kappa shape index (κ3) is 3.40. The normalized spacial score (nSPS) is 14.2. The van der Waals surface area contributed by atoms with E-state index in [1.165, 1.54) is 30.5 Å². The number of aromatic nitrogens is 3. The van der Waals surface area contributed by atoms with E-state index in [-0.39, 0.29) is 16.7 Å². The molecule has 1 aromatic heterocycles. The van der Waals surface area contributed by atoms with Gasteiger partial charge in [0.15, 0.2) is 10.8 Å². The van der Waals surface area contributed by atoms with Crippen LogP contribution in [0.3, 0.4) is 0 Å². The number of benzene rings is 3.